The fourth-order valence-corrected chi connectivity index (χ4v) is 11.9. The van der Waals surface area contributed by atoms with E-state index in [9.17, 15) is 9.59 Å². The topological polar surface area (TPSA) is 62.3 Å². The molecule has 1 aliphatic rings. The van der Waals surface area contributed by atoms with Gasteiger partial charge in [0, 0.05) is 52.4 Å². The lowest BCUT2D eigenvalue weighted by Crippen LogP contribution is -2.47. The highest BCUT2D eigenvalue weighted by molar-refractivity contribution is 5.70. The number of nitrogens with zero attached hydrogens (tertiary/aromatic N) is 3. The maximum Gasteiger partial charge on any atom is 0.307 e. The summed E-state index contributed by atoms with van der Waals surface area (Å²) in [5, 5.41) is 0. The van der Waals surface area contributed by atoms with Gasteiger partial charge in [0.2, 0.25) is 0 Å². The first-order valence-corrected chi connectivity index (χ1v) is 39.1. The van der Waals surface area contributed by atoms with Gasteiger partial charge in [-0.2, -0.15) is 0 Å². The Morgan fingerprint density at radius 3 is 0.835 bits per heavy atom. The van der Waals surface area contributed by atoms with Crippen molar-refractivity contribution in [3.63, 3.8) is 0 Å². The molecule has 0 aliphatic carbocycles. The Kier molecular flexibility index (Phi) is 70.0. The number of likely N-dealkylation sites (N-methyl/N-ethyl adjacent to an activating group) is 1. The van der Waals surface area contributed by atoms with E-state index in [0.29, 0.717) is 25.9 Å². The van der Waals surface area contributed by atoms with Crippen LogP contribution in [0, 0.1) is 0 Å². The average molecular weight is 1270 g/mol. The number of piperazine rings is 1. The molecule has 0 bridgehead atoms. The summed E-state index contributed by atoms with van der Waals surface area (Å²) < 4.78 is 12.8. The Hall–Kier alpha value is -3.26. The van der Waals surface area contributed by atoms with Crippen LogP contribution >= 0.6 is 0 Å². The molecule has 0 aromatic carbocycles. The van der Waals surface area contributed by atoms with E-state index < -0.39 is 0 Å². The van der Waals surface area contributed by atoms with Gasteiger partial charge in [0.05, 0.1) is 12.8 Å². The number of allylic oxidation sites excluding steroid dienone is 16. The lowest BCUT2D eigenvalue weighted by Gasteiger charge is -2.34. The minimum atomic E-state index is -0.0767. The van der Waals surface area contributed by atoms with Gasteiger partial charge in [-0.05, 0) is 187 Å². The van der Waals surface area contributed by atoms with E-state index in [1.54, 1.807) is 0 Å². The molecule has 0 amide bonds. The Balaban J connectivity index is 0.0000810. The van der Waals surface area contributed by atoms with Crippen molar-refractivity contribution in [2.75, 3.05) is 59.4 Å². The van der Waals surface area contributed by atoms with Crippen LogP contribution in [0.1, 0.15) is 356 Å². The molecule has 7 nitrogen and oxygen atoms in total. The SMILES string of the molecule is C.CCCCC/C=C\C/C=C\CCCCCCCC(CCCCCCC/C=C\C/C=C\CCCCC)OC(=O)CCN(CCC(=O)OC(CCCCCCC/C=C\C/C=C\CCCCC)CCCCCCC/C=C\C/C=C\CCCCC)CCN1CCN(C)CC1. The fourth-order valence-electron chi connectivity index (χ4n) is 11.9. The van der Waals surface area contributed by atoms with E-state index in [4.69, 9.17) is 9.47 Å². The molecule has 0 saturated carbocycles. The first-order valence-electron chi connectivity index (χ1n) is 39.1. The molecule has 91 heavy (non-hydrogen) atoms. The molecule has 0 unspecified atom stereocenters. The second-order valence-electron chi connectivity index (χ2n) is 26.8. The Bertz CT molecular complexity index is 1560. The third kappa shape index (κ3) is 65.2. The Morgan fingerprint density at radius 2 is 0.571 bits per heavy atom. The van der Waals surface area contributed by atoms with Crippen molar-refractivity contribution in [1.82, 2.24) is 14.7 Å². The van der Waals surface area contributed by atoms with Crippen molar-refractivity contribution in [3.05, 3.63) is 97.2 Å². The summed E-state index contributed by atoms with van der Waals surface area (Å²) in [6, 6.07) is 0. The Morgan fingerprint density at radius 1 is 0.330 bits per heavy atom. The summed E-state index contributed by atoms with van der Waals surface area (Å²) in [5.41, 5.74) is 0. The molecule has 0 radical (unpaired) electrons. The lowest BCUT2D eigenvalue weighted by atomic mass is 10.0. The van der Waals surface area contributed by atoms with Gasteiger partial charge in [-0.1, -0.05) is 261 Å². The average Bonchev–Trinajstić information content (AvgIpc) is 3.63. The zero-order chi connectivity index (χ0) is 64.8. The third-order valence-corrected chi connectivity index (χ3v) is 18.1. The number of unbranched alkanes of at least 4 members (excludes halogenated alkanes) is 32. The van der Waals surface area contributed by atoms with E-state index >= 15 is 0 Å². The fraction of sp³-hybridized carbons (Fsp3) is 0.786. The van der Waals surface area contributed by atoms with Crippen molar-refractivity contribution in [3.8, 4) is 0 Å². The Labute approximate surface area is 567 Å². The van der Waals surface area contributed by atoms with Crippen molar-refractivity contribution in [2.45, 2.75) is 368 Å². The predicted molar refractivity (Wildman–Crippen MR) is 404 cm³/mol. The van der Waals surface area contributed by atoms with Gasteiger partial charge < -0.3 is 19.3 Å². The van der Waals surface area contributed by atoms with Crippen molar-refractivity contribution >= 4 is 11.9 Å². The van der Waals surface area contributed by atoms with Crippen molar-refractivity contribution in [1.29, 1.82) is 0 Å². The highest BCUT2D eigenvalue weighted by Crippen LogP contribution is 2.21. The number of esters is 2. The molecule has 1 saturated heterocycles. The first kappa shape index (κ1) is 87.7. The molecular formula is C84H153N3O4. The molecule has 1 fully saturated rings. The lowest BCUT2D eigenvalue weighted by molar-refractivity contribution is -0.150. The maximum atomic E-state index is 13.9. The number of rotatable bonds is 67. The molecule has 1 heterocycles. The predicted octanol–water partition coefficient (Wildman–Crippen LogP) is 25.0. The van der Waals surface area contributed by atoms with Crippen molar-refractivity contribution in [2.24, 2.45) is 0 Å². The quantitative estimate of drug-likeness (QED) is 0.0342. The van der Waals surface area contributed by atoms with Crippen LogP contribution in [0.2, 0.25) is 0 Å². The molecule has 0 spiro atoms. The molecule has 528 valence electrons. The van der Waals surface area contributed by atoms with Gasteiger partial charge in [0.25, 0.3) is 0 Å². The van der Waals surface area contributed by atoms with Crippen LogP contribution in [0.5, 0.6) is 0 Å². The molecule has 0 aromatic rings. The van der Waals surface area contributed by atoms with Crippen LogP contribution in [-0.2, 0) is 19.1 Å². The van der Waals surface area contributed by atoms with Crippen LogP contribution in [0.25, 0.3) is 0 Å². The summed E-state index contributed by atoms with van der Waals surface area (Å²) in [6.07, 6.45) is 95.7. The highest BCUT2D eigenvalue weighted by Gasteiger charge is 2.21. The number of carbonyl (C=O) groups is 2. The number of hydrogen-bond acceptors (Lipinski definition) is 7. The van der Waals surface area contributed by atoms with Gasteiger partial charge in [0.1, 0.15) is 12.2 Å². The molecule has 0 atom stereocenters. The maximum absolute atomic E-state index is 13.9. The standard InChI is InChI=1S/C83H149N3O4.CH4/c1-6-10-14-18-22-26-30-34-38-42-46-50-54-58-62-66-80(67-63-59-55-51-47-43-39-35-31-27-23-19-15-11-7-2)89-82(87)70-72-85(78-79-86-76-74-84(5)75-77-86)73-71-83(88)90-81(68-64-60-56-52-48-44-40-36-32-28-24-20-16-12-8-3)69-65-61-57-53-49-45-41-37-33-29-25-21-17-13-9-4;/h22-29,34-41,80-81H,6-21,30-33,42-79H2,1-5H3;1H4/b26-22-,27-23-,28-24-,29-25-,38-34-,39-35-,40-36-,41-37-;. The van der Waals surface area contributed by atoms with Gasteiger partial charge in [-0.3, -0.25) is 14.5 Å². The second-order valence-corrected chi connectivity index (χ2v) is 26.8. The highest BCUT2D eigenvalue weighted by atomic mass is 16.5. The normalized spacial score (nSPS) is 13.8. The smallest absolute Gasteiger partial charge is 0.307 e. The van der Waals surface area contributed by atoms with Crippen molar-refractivity contribution < 1.29 is 19.1 Å². The molecule has 0 N–H and O–H groups in total. The van der Waals surface area contributed by atoms with E-state index in [0.717, 1.165) is 116 Å². The van der Waals surface area contributed by atoms with Crippen LogP contribution < -0.4 is 0 Å². The van der Waals surface area contributed by atoms with E-state index in [1.165, 1.54) is 231 Å². The summed E-state index contributed by atoms with van der Waals surface area (Å²) in [7, 11) is 2.21. The molecule has 0 aromatic heterocycles. The van der Waals surface area contributed by atoms with Gasteiger partial charge in [0.15, 0.2) is 0 Å². The van der Waals surface area contributed by atoms with Gasteiger partial charge in [-0.15, -0.1) is 0 Å². The summed E-state index contributed by atoms with van der Waals surface area (Å²) >= 11 is 0. The summed E-state index contributed by atoms with van der Waals surface area (Å²) in [5.74, 6) is -0.153. The minimum absolute atomic E-state index is 0. The van der Waals surface area contributed by atoms with E-state index in [2.05, 4.69) is 147 Å². The molecule has 1 rings (SSSR count). The largest absolute Gasteiger partial charge is 0.462 e. The van der Waals surface area contributed by atoms with E-state index in [-0.39, 0.29) is 31.6 Å². The molecule has 7 heteroatoms. The van der Waals surface area contributed by atoms with Crippen LogP contribution in [0.15, 0.2) is 97.2 Å². The van der Waals surface area contributed by atoms with E-state index in [1.807, 2.05) is 0 Å². The third-order valence-electron chi connectivity index (χ3n) is 18.1. The van der Waals surface area contributed by atoms with Gasteiger partial charge in [-0.25, -0.2) is 0 Å². The molecular weight excluding hydrogens is 1110 g/mol. The van der Waals surface area contributed by atoms with Crippen LogP contribution in [0.4, 0.5) is 0 Å². The number of hydrogen-bond donors (Lipinski definition) is 0. The summed E-state index contributed by atoms with van der Waals surface area (Å²) in [4.78, 5) is 35.1. The number of carbonyl (C=O) groups excluding carboxylic acids is 2. The first-order chi connectivity index (χ1) is 44.4. The number of ether oxygens (including phenoxy) is 2. The molecule has 1 aliphatic heterocycles. The van der Waals surface area contributed by atoms with Crippen LogP contribution in [-0.4, -0.2) is 98.3 Å². The monoisotopic (exact) mass is 1270 g/mol. The van der Waals surface area contributed by atoms with Crippen LogP contribution in [0.3, 0.4) is 0 Å². The van der Waals surface area contributed by atoms with Gasteiger partial charge >= 0.3 is 11.9 Å². The minimum Gasteiger partial charge on any atom is -0.462 e. The zero-order valence-corrected chi connectivity index (χ0v) is 60.4. The second kappa shape index (κ2) is 72.6. The summed E-state index contributed by atoms with van der Waals surface area (Å²) in [6.45, 7) is 16.3. The zero-order valence-electron chi connectivity index (χ0n) is 60.4.